The van der Waals surface area contributed by atoms with Gasteiger partial charge in [-0.1, -0.05) is 62.4 Å². The molecule has 3 N–H and O–H groups in total. The fourth-order valence-corrected chi connectivity index (χ4v) is 3.53. The Morgan fingerprint density at radius 3 is 2.71 bits per heavy atom. The molecule has 2 amide bonds. The van der Waals surface area contributed by atoms with Crippen molar-refractivity contribution >= 4 is 23.7 Å². The van der Waals surface area contributed by atoms with E-state index in [4.69, 9.17) is 0 Å². The molecule has 1 aliphatic rings. The molecule has 28 heavy (non-hydrogen) atoms. The van der Waals surface area contributed by atoms with Crippen LogP contribution in [0.25, 0.3) is 6.08 Å². The van der Waals surface area contributed by atoms with E-state index in [9.17, 15) is 9.59 Å². The molecule has 0 saturated heterocycles. The highest BCUT2D eigenvalue weighted by Gasteiger charge is 2.18. The number of carbonyl (C=O) groups is 2. The quantitative estimate of drug-likeness (QED) is 0.640. The molecule has 1 aliphatic carbocycles. The molecule has 1 heterocycles. The lowest BCUT2D eigenvalue weighted by Gasteiger charge is -2.20. The van der Waals surface area contributed by atoms with Crippen LogP contribution in [0, 0.1) is 5.92 Å². The number of rotatable bonds is 7. The third kappa shape index (κ3) is 6.08. The largest absolute Gasteiger partial charge is 0.341 e. The summed E-state index contributed by atoms with van der Waals surface area (Å²) in [6.45, 7) is 1.65. The van der Waals surface area contributed by atoms with Gasteiger partial charge in [-0.05, 0) is 30.9 Å². The van der Waals surface area contributed by atoms with E-state index in [0.717, 1.165) is 17.7 Å². The Kier molecular flexibility index (Phi) is 7.00. The number of aromatic amines is 1. The molecule has 0 radical (unpaired) electrons. The number of hydrogen-bond donors (Lipinski definition) is 3. The first kappa shape index (κ1) is 19.9. The molecule has 1 saturated carbocycles. The van der Waals surface area contributed by atoms with Crippen molar-refractivity contribution in [3.05, 3.63) is 53.7 Å². The van der Waals surface area contributed by atoms with Gasteiger partial charge in [-0.15, -0.1) is 0 Å². The van der Waals surface area contributed by atoms with Crippen LogP contribution in [0.4, 0.5) is 5.82 Å². The molecular formula is C22H28N4O2. The molecule has 3 rings (SSSR count). The van der Waals surface area contributed by atoms with Gasteiger partial charge in [-0.3, -0.25) is 14.7 Å². The summed E-state index contributed by atoms with van der Waals surface area (Å²) in [5, 5.41) is 12.6. The lowest BCUT2D eigenvalue weighted by molar-refractivity contribution is -0.123. The Labute approximate surface area is 165 Å². The van der Waals surface area contributed by atoms with E-state index in [0.29, 0.717) is 11.7 Å². The van der Waals surface area contributed by atoms with E-state index >= 15 is 0 Å². The van der Waals surface area contributed by atoms with Crippen molar-refractivity contribution in [2.24, 2.45) is 5.92 Å². The number of anilines is 1. The first-order chi connectivity index (χ1) is 13.6. The number of aromatic nitrogens is 2. The van der Waals surface area contributed by atoms with Crippen molar-refractivity contribution in [1.29, 1.82) is 0 Å². The number of benzene rings is 1. The Balaban J connectivity index is 1.46. The molecule has 0 bridgehead atoms. The number of nitrogens with zero attached hydrogens (tertiary/aromatic N) is 1. The summed E-state index contributed by atoms with van der Waals surface area (Å²) < 4.78 is 0. The van der Waals surface area contributed by atoms with Gasteiger partial charge in [0, 0.05) is 17.8 Å². The second-order valence-corrected chi connectivity index (χ2v) is 7.45. The Morgan fingerprint density at radius 2 is 1.96 bits per heavy atom. The Hall–Kier alpha value is -2.89. The topological polar surface area (TPSA) is 86.9 Å². The van der Waals surface area contributed by atoms with E-state index in [1.54, 1.807) is 13.0 Å². The first-order valence-corrected chi connectivity index (χ1v) is 9.99. The smallest absolute Gasteiger partial charge is 0.247 e. The lowest BCUT2D eigenvalue weighted by atomic mass is 9.86. The van der Waals surface area contributed by atoms with Crippen LogP contribution in [0.2, 0.25) is 0 Å². The predicted octanol–water partition coefficient (Wildman–Crippen LogP) is 3.69. The van der Waals surface area contributed by atoms with Crippen molar-refractivity contribution in [3.63, 3.8) is 0 Å². The minimum Gasteiger partial charge on any atom is -0.341 e. The first-order valence-electron chi connectivity index (χ1n) is 9.99. The van der Waals surface area contributed by atoms with Gasteiger partial charge in [0.2, 0.25) is 11.8 Å². The Morgan fingerprint density at radius 1 is 1.21 bits per heavy atom. The van der Waals surface area contributed by atoms with Crippen molar-refractivity contribution in [2.75, 3.05) is 5.32 Å². The summed E-state index contributed by atoms with van der Waals surface area (Å²) in [5.41, 5.74) is 1.97. The lowest BCUT2D eigenvalue weighted by Crippen LogP contribution is -2.40. The minimum absolute atomic E-state index is 0.294. The zero-order valence-corrected chi connectivity index (χ0v) is 16.3. The van der Waals surface area contributed by atoms with Crippen LogP contribution in [0.15, 0.2) is 42.5 Å². The molecule has 1 aromatic carbocycles. The van der Waals surface area contributed by atoms with Gasteiger partial charge in [0.25, 0.3) is 0 Å². The summed E-state index contributed by atoms with van der Waals surface area (Å²) in [4.78, 5) is 24.3. The summed E-state index contributed by atoms with van der Waals surface area (Å²) in [5.74, 6) is 0.591. The fourth-order valence-electron chi connectivity index (χ4n) is 3.53. The van der Waals surface area contributed by atoms with Crippen LogP contribution in [0.5, 0.6) is 0 Å². The van der Waals surface area contributed by atoms with Crippen molar-refractivity contribution in [2.45, 2.75) is 51.5 Å². The van der Waals surface area contributed by atoms with E-state index in [-0.39, 0.29) is 11.8 Å². The zero-order chi connectivity index (χ0) is 19.8. The number of H-pyrrole nitrogens is 1. The van der Waals surface area contributed by atoms with Crippen LogP contribution in [-0.2, 0) is 16.0 Å². The molecule has 0 aliphatic heterocycles. The van der Waals surface area contributed by atoms with E-state index in [1.807, 2.05) is 36.4 Å². The monoisotopic (exact) mass is 380 g/mol. The molecule has 1 fully saturated rings. The third-order valence-electron chi connectivity index (χ3n) is 5.09. The number of hydrogen-bond acceptors (Lipinski definition) is 3. The van der Waals surface area contributed by atoms with Crippen LogP contribution < -0.4 is 10.6 Å². The van der Waals surface area contributed by atoms with Gasteiger partial charge < -0.3 is 10.6 Å². The maximum atomic E-state index is 12.3. The second kappa shape index (κ2) is 9.88. The van der Waals surface area contributed by atoms with Crippen molar-refractivity contribution < 1.29 is 9.59 Å². The SMILES string of the molecule is CC(NC(=O)/C=C/c1ccccc1)C(=O)Nc1cc(CC2CCCCC2)[nH]n1. The molecule has 0 spiro atoms. The molecule has 6 nitrogen and oxygen atoms in total. The van der Waals surface area contributed by atoms with Crippen LogP contribution in [0.3, 0.4) is 0 Å². The summed E-state index contributed by atoms with van der Waals surface area (Å²) >= 11 is 0. The van der Waals surface area contributed by atoms with Crippen LogP contribution in [0.1, 0.15) is 50.3 Å². The molecule has 148 valence electrons. The molecular weight excluding hydrogens is 352 g/mol. The fraction of sp³-hybridized carbons (Fsp3) is 0.409. The summed E-state index contributed by atoms with van der Waals surface area (Å²) in [7, 11) is 0. The van der Waals surface area contributed by atoms with Crippen molar-refractivity contribution in [1.82, 2.24) is 15.5 Å². The van der Waals surface area contributed by atoms with E-state index in [2.05, 4.69) is 20.8 Å². The highest BCUT2D eigenvalue weighted by atomic mass is 16.2. The molecule has 1 unspecified atom stereocenters. The summed E-state index contributed by atoms with van der Waals surface area (Å²) in [6.07, 6.45) is 10.6. The highest BCUT2D eigenvalue weighted by molar-refractivity contribution is 5.99. The van der Waals surface area contributed by atoms with E-state index in [1.165, 1.54) is 38.2 Å². The van der Waals surface area contributed by atoms with Gasteiger partial charge in [0.1, 0.15) is 6.04 Å². The third-order valence-corrected chi connectivity index (χ3v) is 5.09. The zero-order valence-electron chi connectivity index (χ0n) is 16.3. The van der Waals surface area contributed by atoms with Gasteiger partial charge >= 0.3 is 0 Å². The minimum atomic E-state index is -0.661. The van der Waals surface area contributed by atoms with Crippen LogP contribution in [-0.4, -0.2) is 28.1 Å². The average molecular weight is 380 g/mol. The number of nitrogens with one attached hydrogen (secondary N) is 3. The normalized spacial score (nSPS) is 16.0. The molecule has 1 atom stereocenters. The van der Waals surface area contributed by atoms with Crippen molar-refractivity contribution in [3.8, 4) is 0 Å². The standard InChI is InChI=1S/C22H28N4O2/c1-16(23-21(27)13-12-17-8-4-2-5-9-17)22(28)24-20-15-19(25-26-20)14-18-10-6-3-7-11-18/h2,4-5,8-9,12-13,15-16,18H,3,6-7,10-11,14H2,1H3,(H,23,27)(H2,24,25,26,28)/b13-12+. The second-order valence-electron chi connectivity index (χ2n) is 7.45. The molecule has 2 aromatic rings. The molecule has 1 aromatic heterocycles. The molecule has 6 heteroatoms. The van der Waals surface area contributed by atoms with E-state index < -0.39 is 6.04 Å². The van der Waals surface area contributed by atoms with Gasteiger partial charge in [-0.25, -0.2) is 0 Å². The van der Waals surface area contributed by atoms with Crippen LogP contribution >= 0.6 is 0 Å². The highest BCUT2D eigenvalue weighted by Crippen LogP contribution is 2.26. The summed E-state index contributed by atoms with van der Waals surface area (Å²) in [6, 6.07) is 10.8. The predicted molar refractivity (Wildman–Crippen MR) is 111 cm³/mol. The van der Waals surface area contributed by atoms with Gasteiger partial charge in [-0.2, -0.15) is 5.10 Å². The Bertz CT molecular complexity index is 807. The number of carbonyl (C=O) groups excluding carboxylic acids is 2. The number of amides is 2. The van der Waals surface area contributed by atoms with Gasteiger partial charge in [0.15, 0.2) is 5.82 Å². The average Bonchev–Trinajstić information content (AvgIpc) is 3.14. The van der Waals surface area contributed by atoms with Gasteiger partial charge in [0.05, 0.1) is 0 Å². The maximum absolute atomic E-state index is 12.3. The maximum Gasteiger partial charge on any atom is 0.247 e.